The highest BCUT2D eigenvalue weighted by molar-refractivity contribution is 5.97. The molecule has 0 bridgehead atoms. The molecule has 1 saturated heterocycles. The number of piperidine rings is 1. The minimum Gasteiger partial charge on any atom is -0.454 e. The van der Waals surface area contributed by atoms with E-state index in [-0.39, 0.29) is 30.6 Å². The number of ether oxygens (including phenoxy) is 2. The van der Waals surface area contributed by atoms with Crippen molar-refractivity contribution in [1.29, 1.82) is 0 Å². The smallest absolute Gasteiger partial charge is 0.253 e. The average molecular weight is 409 g/mol. The van der Waals surface area contributed by atoms with Crippen LogP contribution in [0.25, 0.3) is 0 Å². The molecule has 8 heteroatoms. The summed E-state index contributed by atoms with van der Waals surface area (Å²) in [6, 6.07) is 12.0. The second-order valence-electron chi connectivity index (χ2n) is 7.37. The minimum atomic E-state index is -0.192. The Morgan fingerprint density at radius 1 is 0.967 bits per heavy atom. The molecule has 2 aromatic rings. The predicted molar refractivity (Wildman–Crippen MR) is 110 cm³/mol. The van der Waals surface area contributed by atoms with E-state index >= 15 is 0 Å². The van der Waals surface area contributed by atoms with Gasteiger partial charge in [-0.1, -0.05) is 6.07 Å². The highest BCUT2D eigenvalue weighted by Crippen LogP contribution is 2.33. The molecule has 2 N–H and O–H groups in total. The van der Waals surface area contributed by atoms with Gasteiger partial charge in [-0.25, -0.2) is 0 Å². The summed E-state index contributed by atoms with van der Waals surface area (Å²) in [5.41, 5.74) is 1.64. The van der Waals surface area contributed by atoms with Crippen LogP contribution in [0, 0.1) is 0 Å². The number of benzene rings is 2. The van der Waals surface area contributed by atoms with E-state index in [0.717, 1.165) is 0 Å². The molecule has 2 aliphatic heterocycles. The summed E-state index contributed by atoms with van der Waals surface area (Å²) >= 11 is 0. The third kappa shape index (κ3) is 4.37. The lowest BCUT2D eigenvalue weighted by molar-refractivity contribution is -0.114. The number of nitrogens with zero attached hydrogens (tertiary/aromatic N) is 1. The van der Waals surface area contributed by atoms with Crippen molar-refractivity contribution in [3.8, 4) is 11.5 Å². The molecule has 1 fully saturated rings. The quantitative estimate of drug-likeness (QED) is 0.808. The van der Waals surface area contributed by atoms with Crippen molar-refractivity contribution >= 4 is 23.4 Å². The Hall–Kier alpha value is -3.55. The zero-order valence-corrected chi connectivity index (χ0v) is 16.6. The third-order valence-corrected chi connectivity index (χ3v) is 5.18. The summed E-state index contributed by atoms with van der Waals surface area (Å²) in [6.45, 7) is 2.71. The fourth-order valence-electron chi connectivity index (χ4n) is 3.65. The van der Waals surface area contributed by atoms with Crippen molar-refractivity contribution in [3.05, 3.63) is 53.6 Å². The van der Waals surface area contributed by atoms with Crippen LogP contribution < -0.4 is 20.1 Å². The van der Waals surface area contributed by atoms with Crippen molar-refractivity contribution in [2.24, 2.45) is 0 Å². The number of hydrogen-bond donors (Lipinski definition) is 2. The highest BCUT2D eigenvalue weighted by Gasteiger charge is 2.26. The van der Waals surface area contributed by atoms with E-state index in [4.69, 9.17) is 9.47 Å². The van der Waals surface area contributed by atoms with E-state index in [0.29, 0.717) is 54.2 Å². The van der Waals surface area contributed by atoms with Gasteiger partial charge in [0.2, 0.25) is 12.7 Å². The lowest BCUT2D eigenvalue weighted by Crippen LogP contribution is -2.46. The number of amides is 3. The number of likely N-dealkylation sites (tertiary alicyclic amines) is 1. The first-order valence-electron chi connectivity index (χ1n) is 9.87. The van der Waals surface area contributed by atoms with Gasteiger partial charge in [0.25, 0.3) is 11.8 Å². The molecule has 156 valence electrons. The Labute approximate surface area is 174 Å². The van der Waals surface area contributed by atoms with Crippen LogP contribution in [0.15, 0.2) is 42.5 Å². The van der Waals surface area contributed by atoms with E-state index in [9.17, 15) is 14.4 Å². The zero-order valence-electron chi connectivity index (χ0n) is 16.6. The molecule has 4 rings (SSSR count). The van der Waals surface area contributed by atoms with Crippen molar-refractivity contribution in [2.45, 2.75) is 25.8 Å². The number of rotatable bonds is 4. The lowest BCUT2D eigenvalue weighted by atomic mass is 10.0. The normalized spacial score (nSPS) is 15.6. The first-order chi connectivity index (χ1) is 14.5. The van der Waals surface area contributed by atoms with Crippen LogP contribution in [0.5, 0.6) is 11.5 Å². The second-order valence-corrected chi connectivity index (χ2v) is 7.37. The number of carbonyl (C=O) groups excluding carboxylic acids is 3. The molecule has 0 aliphatic carbocycles. The summed E-state index contributed by atoms with van der Waals surface area (Å²) in [4.78, 5) is 38.3. The summed E-state index contributed by atoms with van der Waals surface area (Å²) in [5.74, 6) is 0.802. The molecule has 0 atom stereocenters. The van der Waals surface area contributed by atoms with Gasteiger partial charge in [-0.15, -0.1) is 0 Å². The van der Waals surface area contributed by atoms with Crippen molar-refractivity contribution in [3.63, 3.8) is 0 Å². The Kier molecular flexibility index (Phi) is 5.56. The first-order valence-corrected chi connectivity index (χ1v) is 9.87. The molecule has 0 saturated carbocycles. The van der Waals surface area contributed by atoms with Crippen LogP contribution in [0.2, 0.25) is 0 Å². The van der Waals surface area contributed by atoms with E-state index < -0.39 is 0 Å². The maximum atomic E-state index is 12.8. The van der Waals surface area contributed by atoms with Crippen molar-refractivity contribution in [2.75, 3.05) is 25.2 Å². The molecule has 30 heavy (non-hydrogen) atoms. The monoisotopic (exact) mass is 409 g/mol. The number of fused-ring (bicyclic) bond motifs is 1. The zero-order chi connectivity index (χ0) is 21.1. The van der Waals surface area contributed by atoms with Gasteiger partial charge in [-0.05, 0) is 49.2 Å². The molecule has 2 heterocycles. The Bertz CT molecular complexity index is 982. The van der Waals surface area contributed by atoms with Crippen LogP contribution in [0.4, 0.5) is 5.69 Å². The molecule has 0 unspecified atom stereocenters. The van der Waals surface area contributed by atoms with Gasteiger partial charge < -0.3 is 25.0 Å². The third-order valence-electron chi connectivity index (χ3n) is 5.18. The van der Waals surface area contributed by atoms with E-state index in [2.05, 4.69) is 10.6 Å². The molecule has 0 spiro atoms. The van der Waals surface area contributed by atoms with Crippen LogP contribution in [-0.2, 0) is 4.79 Å². The van der Waals surface area contributed by atoms with Crippen LogP contribution in [0.3, 0.4) is 0 Å². The maximum Gasteiger partial charge on any atom is 0.253 e. The lowest BCUT2D eigenvalue weighted by Gasteiger charge is -2.32. The number of nitrogens with one attached hydrogen (secondary N) is 2. The first kappa shape index (κ1) is 19.8. The Morgan fingerprint density at radius 3 is 2.50 bits per heavy atom. The van der Waals surface area contributed by atoms with E-state index in [1.807, 2.05) is 0 Å². The van der Waals surface area contributed by atoms with Gasteiger partial charge >= 0.3 is 0 Å². The molecule has 0 radical (unpaired) electrons. The minimum absolute atomic E-state index is 0.0114. The number of hydrogen-bond acceptors (Lipinski definition) is 5. The summed E-state index contributed by atoms with van der Waals surface area (Å²) in [7, 11) is 0. The largest absolute Gasteiger partial charge is 0.454 e. The average Bonchev–Trinajstić information content (AvgIpc) is 3.21. The van der Waals surface area contributed by atoms with Gasteiger partial charge in [0.05, 0.1) is 0 Å². The maximum absolute atomic E-state index is 12.8. The molecule has 2 aliphatic rings. The van der Waals surface area contributed by atoms with Gasteiger partial charge in [-0.3, -0.25) is 14.4 Å². The van der Waals surface area contributed by atoms with Crippen molar-refractivity contribution in [1.82, 2.24) is 10.2 Å². The van der Waals surface area contributed by atoms with Gasteiger partial charge in [-0.2, -0.15) is 0 Å². The Morgan fingerprint density at radius 2 is 1.73 bits per heavy atom. The van der Waals surface area contributed by atoms with Gasteiger partial charge in [0, 0.05) is 42.9 Å². The molecule has 0 aromatic heterocycles. The van der Waals surface area contributed by atoms with E-state index in [1.165, 1.54) is 6.92 Å². The predicted octanol–water partition coefficient (Wildman–Crippen LogP) is 2.41. The van der Waals surface area contributed by atoms with Crippen LogP contribution in [-0.4, -0.2) is 48.5 Å². The summed E-state index contributed by atoms with van der Waals surface area (Å²) in [6.07, 6.45) is 1.35. The highest BCUT2D eigenvalue weighted by atomic mass is 16.7. The topological polar surface area (TPSA) is 97.0 Å². The number of carbonyl (C=O) groups is 3. The molecular formula is C22H23N3O5. The molecular weight excluding hydrogens is 386 g/mol. The molecule has 3 amide bonds. The van der Waals surface area contributed by atoms with Crippen molar-refractivity contribution < 1.29 is 23.9 Å². The van der Waals surface area contributed by atoms with E-state index in [1.54, 1.807) is 47.4 Å². The fraction of sp³-hybridized carbons (Fsp3) is 0.318. The summed E-state index contributed by atoms with van der Waals surface area (Å²) < 4.78 is 10.6. The Balaban J connectivity index is 1.32. The second kappa shape index (κ2) is 8.44. The molecule has 8 nitrogen and oxygen atoms in total. The SMILES string of the molecule is CC(=O)Nc1cccc(C(=O)NC2CCN(C(=O)c3ccc4c(c3)OCO4)CC2)c1. The van der Waals surface area contributed by atoms with Crippen LogP contribution >= 0.6 is 0 Å². The fourth-order valence-corrected chi connectivity index (χ4v) is 3.65. The number of anilines is 1. The van der Waals surface area contributed by atoms with Crippen LogP contribution in [0.1, 0.15) is 40.5 Å². The summed E-state index contributed by atoms with van der Waals surface area (Å²) in [5, 5.41) is 5.70. The molecule has 2 aromatic carbocycles. The van der Waals surface area contributed by atoms with Gasteiger partial charge in [0.15, 0.2) is 11.5 Å². The standard InChI is InChI=1S/C22H23N3O5/c1-14(26)23-18-4-2-3-15(11-18)21(27)24-17-7-9-25(10-8-17)22(28)16-5-6-19-20(12-16)30-13-29-19/h2-6,11-12,17H,7-10,13H2,1H3,(H,23,26)(H,24,27). The van der Waals surface area contributed by atoms with Gasteiger partial charge in [0.1, 0.15) is 0 Å².